The van der Waals surface area contributed by atoms with Gasteiger partial charge in [0.05, 0.1) is 17.7 Å². The van der Waals surface area contributed by atoms with E-state index < -0.39 is 5.54 Å². The Morgan fingerprint density at radius 2 is 2.15 bits per heavy atom. The number of hydrogen-bond donors (Lipinski definition) is 0. The summed E-state index contributed by atoms with van der Waals surface area (Å²) >= 11 is 3.38. The number of rotatable bonds is 4. The number of amides is 1. The van der Waals surface area contributed by atoms with Crippen molar-refractivity contribution in [2.24, 2.45) is 0 Å². The molecule has 1 amide bonds. The van der Waals surface area contributed by atoms with Gasteiger partial charge >= 0.3 is 0 Å². The van der Waals surface area contributed by atoms with Gasteiger partial charge < -0.3 is 9.64 Å². The monoisotopic (exact) mass is 336 g/mol. The lowest BCUT2D eigenvalue weighted by Crippen LogP contribution is -2.48. The number of hydrogen-bond acceptors (Lipinski definition) is 3. The maximum Gasteiger partial charge on any atom is 0.255 e. The summed E-state index contributed by atoms with van der Waals surface area (Å²) in [4.78, 5) is 14.4. The number of nitriles is 1. The van der Waals surface area contributed by atoms with Crippen molar-refractivity contribution < 1.29 is 9.53 Å². The van der Waals surface area contributed by atoms with Crippen LogP contribution in [0.5, 0.6) is 5.75 Å². The minimum atomic E-state index is -0.801. The summed E-state index contributed by atoms with van der Waals surface area (Å²) in [6.07, 6.45) is 1.93. The molecule has 106 valence electrons. The Hall–Kier alpha value is -1.54. The summed E-state index contributed by atoms with van der Waals surface area (Å²) in [6.45, 7) is 3.56. The molecule has 0 heterocycles. The summed E-state index contributed by atoms with van der Waals surface area (Å²) in [7, 11) is 1.58. The van der Waals surface area contributed by atoms with E-state index in [0.717, 1.165) is 17.3 Å². The number of carbonyl (C=O) groups is 1. The average Bonchev–Trinajstić information content (AvgIpc) is 3.23. The Morgan fingerprint density at radius 3 is 2.60 bits per heavy atom. The third kappa shape index (κ3) is 2.80. The number of methoxy groups -OCH3 is 1. The Kier molecular flexibility index (Phi) is 4.05. The van der Waals surface area contributed by atoms with Gasteiger partial charge in [0.15, 0.2) is 0 Å². The molecule has 0 unspecified atom stereocenters. The number of carbonyl (C=O) groups excluding carboxylic acids is 1. The van der Waals surface area contributed by atoms with Crippen LogP contribution in [0.15, 0.2) is 22.7 Å². The van der Waals surface area contributed by atoms with E-state index in [1.807, 2.05) is 0 Å². The number of benzene rings is 1. The first-order valence-corrected chi connectivity index (χ1v) is 7.28. The molecule has 0 atom stereocenters. The highest BCUT2D eigenvalue weighted by Gasteiger charge is 2.42. The lowest BCUT2D eigenvalue weighted by Gasteiger charge is -2.33. The lowest BCUT2D eigenvalue weighted by molar-refractivity contribution is 0.0615. The second-order valence-corrected chi connectivity index (χ2v) is 6.28. The molecule has 1 aromatic rings. The predicted octanol–water partition coefficient (Wildman–Crippen LogP) is 3.36. The van der Waals surface area contributed by atoms with Crippen LogP contribution in [0.2, 0.25) is 0 Å². The Bertz CT molecular complexity index is 574. The molecule has 0 radical (unpaired) electrons. The molecule has 1 saturated carbocycles. The molecule has 0 saturated heterocycles. The van der Waals surface area contributed by atoms with Gasteiger partial charge in [-0.05, 0) is 60.8 Å². The number of ether oxygens (including phenoxy) is 1. The van der Waals surface area contributed by atoms with Crippen LogP contribution < -0.4 is 4.74 Å². The van der Waals surface area contributed by atoms with Gasteiger partial charge in [-0.15, -0.1) is 0 Å². The molecule has 0 N–H and O–H groups in total. The van der Waals surface area contributed by atoms with Gasteiger partial charge in [-0.25, -0.2) is 0 Å². The molecule has 0 bridgehead atoms. The van der Waals surface area contributed by atoms with Gasteiger partial charge in [0, 0.05) is 11.6 Å². The van der Waals surface area contributed by atoms with Crippen LogP contribution in [0, 0.1) is 11.3 Å². The molecule has 1 fully saturated rings. The highest BCUT2D eigenvalue weighted by Crippen LogP contribution is 2.35. The summed E-state index contributed by atoms with van der Waals surface area (Å²) in [5.74, 6) is 0.571. The van der Waals surface area contributed by atoms with Crippen LogP contribution in [0.1, 0.15) is 37.0 Å². The molecule has 0 spiro atoms. The van der Waals surface area contributed by atoms with Crippen LogP contribution >= 0.6 is 15.9 Å². The second-order valence-electron chi connectivity index (χ2n) is 5.43. The van der Waals surface area contributed by atoms with Gasteiger partial charge in [-0.1, -0.05) is 0 Å². The molecule has 20 heavy (non-hydrogen) atoms. The van der Waals surface area contributed by atoms with Crippen molar-refractivity contribution in [3.63, 3.8) is 0 Å². The van der Waals surface area contributed by atoms with Crippen LogP contribution in [0.4, 0.5) is 0 Å². The zero-order valence-corrected chi connectivity index (χ0v) is 13.4. The maximum atomic E-state index is 12.7. The van der Waals surface area contributed by atoms with Crippen molar-refractivity contribution in [2.75, 3.05) is 7.11 Å². The van der Waals surface area contributed by atoms with Crippen molar-refractivity contribution >= 4 is 21.8 Å². The SMILES string of the molecule is COc1ccc(C(=O)N(C2CC2)C(C)(C)C#N)cc1Br. The summed E-state index contributed by atoms with van der Waals surface area (Å²) in [5.41, 5.74) is -0.238. The minimum absolute atomic E-state index is 0.109. The standard InChI is InChI=1S/C15H17BrN2O2/c1-15(2,9-17)18(11-5-6-11)14(19)10-4-7-13(20-3)12(16)8-10/h4,7-8,11H,5-6H2,1-3H3. The third-order valence-corrected chi connectivity index (χ3v) is 4.03. The molecule has 0 aromatic heterocycles. The zero-order valence-electron chi connectivity index (χ0n) is 11.8. The summed E-state index contributed by atoms with van der Waals surface area (Å²) < 4.78 is 5.90. The van der Waals surface area contributed by atoms with Gasteiger partial charge in [0.25, 0.3) is 5.91 Å². The lowest BCUT2D eigenvalue weighted by atomic mass is 10.0. The summed E-state index contributed by atoms with van der Waals surface area (Å²) in [6, 6.07) is 7.62. The van der Waals surface area contributed by atoms with Crippen molar-refractivity contribution in [3.05, 3.63) is 28.2 Å². The van der Waals surface area contributed by atoms with Gasteiger partial charge in [0.2, 0.25) is 0 Å². The fourth-order valence-electron chi connectivity index (χ4n) is 2.20. The highest BCUT2D eigenvalue weighted by molar-refractivity contribution is 9.10. The van der Waals surface area contributed by atoms with Crippen LogP contribution in [-0.2, 0) is 0 Å². The topological polar surface area (TPSA) is 53.3 Å². The third-order valence-electron chi connectivity index (χ3n) is 3.41. The maximum absolute atomic E-state index is 12.7. The first kappa shape index (κ1) is 14.9. The van der Waals surface area contributed by atoms with Crippen LogP contribution in [0.3, 0.4) is 0 Å². The van der Waals surface area contributed by atoms with Crippen molar-refractivity contribution in [1.82, 2.24) is 4.90 Å². The zero-order chi connectivity index (χ0) is 14.9. The van der Waals surface area contributed by atoms with E-state index in [9.17, 15) is 10.1 Å². The first-order chi connectivity index (χ1) is 9.40. The molecule has 1 aliphatic rings. The fraction of sp³-hybridized carbons (Fsp3) is 0.467. The summed E-state index contributed by atoms with van der Waals surface area (Å²) in [5, 5.41) is 9.30. The van der Waals surface area contributed by atoms with E-state index in [4.69, 9.17) is 4.74 Å². The van der Waals surface area contributed by atoms with Crippen molar-refractivity contribution in [2.45, 2.75) is 38.3 Å². The molecule has 0 aliphatic heterocycles. The normalized spacial score (nSPS) is 14.6. The van der Waals surface area contributed by atoms with Gasteiger partial charge in [0.1, 0.15) is 11.3 Å². The quantitative estimate of drug-likeness (QED) is 0.846. The van der Waals surface area contributed by atoms with E-state index >= 15 is 0 Å². The molecule has 4 nitrogen and oxygen atoms in total. The molecule has 1 aromatic carbocycles. The second kappa shape index (κ2) is 5.45. The largest absolute Gasteiger partial charge is 0.496 e. The van der Waals surface area contributed by atoms with Gasteiger partial charge in [-0.2, -0.15) is 5.26 Å². The van der Waals surface area contributed by atoms with Crippen LogP contribution in [0.25, 0.3) is 0 Å². The van der Waals surface area contributed by atoms with E-state index in [0.29, 0.717) is 11.3 Å². The number of nitrogens with zero attached hydrogens (tertiary/aromatic N) is 2. The van der Waals surface area contributed by atoms with E-state index in [1.165, 1.54) is 0 Å². The smallest absolute Gasteiger partial charge is 0.255 e. The first-order valence-electron chi connectivity index (χ1n) is 6.49. The average molecular weight is 337 g/mol. The van der Waals surface area contributed by atoms with Gasteiger partial charge in [-0.3, -0.25) is 4.79 Å². The van der Waals surface area contributed by atoms with E-state index in [1.54, 1.807) is 44.1 Å². The van der Waals surface area contributed by atoms with Crippen molar-refractivity contribution in [1.29, 1.82) is 5.26 Å². The molecular weight excluding hydrogens is 320 g/mol. The predicted molar refractivity (Wildman–Crippen MR) is 79.6 cm³/mol. The Labute approximate surface area is 127 Å². The molecule has 5 heteroatoms. The Morgan fingerprint density at radius 1 is 1.50 bits per heavy atom. The Balaban J connectivity index is 2.33. The van der Waals surface area contributed by atoms with Crippen LogP contribution in [-0.4, -0.2) is 29.5 Å². The highest BCUT2D eigenvalue weighted by atomic mass is 79.9. The molecule has 2 rings (SSSR count). The van der Waals surface area contributed by atoms with E-state index in [-0.39, 0.29) is 11.9 Å². The number of halogens is 1. The molecular formula is C15H17BrN2O2. The minimum Gasteiger partial charge on any atom is -0.496 e. The van der Waals surface area contributed by atoms with Crippen molar-refractivity contribution in [3.8, 4) is 11.8 Å². The fourth-order valence-corrected chi connectivity index (χ4v) is 2.74. The molecule has 1 aliphatic carbocycles. The van der Waals surface area contributed by atoms with E-state index in [2.05, 4.69) is 22.0 Å².